The molecule has 0 saturated carbocycles. The number of aliphatic hydroxyl groups is 1. The lowest BCUT2D eigenvalue weighted by Crippen LogP contribution is -2.42. The van der Waals surface area contributed by atoms with Gasteiger partial charge in [0.05, 0.1) is 5.60 Å². The first-order valence-electron chi connectivity index (χ1n) is 6.30. The second kappa shape index (κ2) is 6.46. The standard InChI is InChI=1S/C12H26N2O/c1-3-7-12(2,15)10-14-11-5-4-8-13-9-6-11/h11,13-15H,3-10H2,1-2H3. The second-order valence-electron chi connectivity index (χ2n) is 5.01. The van der Waals surface area contributed by atoms with Crippen LogP contribution in [-0.2, 0) is 0 Å². The zero-order chi connectivity index (χ0) is 11.1. The predicted molar refractivity (Wildman–Crippen MR) is 64.0 cm³/mol. The van der Waals surface area contributed by atoms with Crippen LogP contribution in [0.15, 0.2) is 0 Å². The summed E-state index contributed by atoms with van der Waals surface area (Å²) in [6.07, 6.45) is 5.58. The van der Waals surface area contributed by atoms with Crippen LogP contribution in [0.1, 0.15) is 46.0 Å². The van der Waals surface area contributed by atoms with Gasteiger partial charge in [0, 0.05) is 12.6 Å². The van der Waals surface area contributed by atoms with Crippen LogP contribution < -0.4 is 10.6 Å². The fourth-order valence-electron chi connectivity index (χ4n) is 2.21. The molecule has 0 aliphatic carbocycles. The van der Waals surface area contributed by atoms with Crippen LogP contribution in [0.2, 0.25) is 0 Å². The zero-order valence-electron chi connectivity index (χ0n) is 10.2. The van der Waals surface area contributed by atoms with Gasteiger partial charge in [-0.05, 0) is 45.7 Å². The fourth-order valence-corrected chi connectivity index (χ4v) is 2.21. The molecule has 0 bridgehead atoms. The lowest BCUT2D eigenvalue weighted by molar-refractivity contribution is 0.0467. The Morgan fingerprint density at radius 3 is 2.93 bits per heavy atom. The molecule has 1 fully saturated rings. The maximum atomic E-state index is 10.0. The van der Waals surface area contributed by atoms with Crippen LogP contribution in [-0.4, -0.2) is 36.4 Å². The van der Waals surface area contributed by atoms with Gasteiger partial charge in [-0.1, -0.05) is 13.3 Å². The number of hydrogen-bond donors (Lipinski definition) is 3. The van der Waals surface area contributed by atoms with Gasteiger partial charge < -0.3 is 15.7 Å². The molecule has 2 atom stereocenters. The van der Waals surface area contributed by atoms with Crippen LogP contribution in [0.5, 0.6) is 0 Å². The molecule has 0 aromatic carbocycles. The fraction of sp³-hybridized carbons (Fsp3) is 1.00. The summed E-state index contributed by atoms with van der Waals surface area (Å²) in [7, 11) is 0. The van der Waals surface area contributed by atoms with E-state index in [1.807, 2.05) is 6.92 Å². The molecule has 3 heteroatoms. The van der Waals surface area contributed by atoms with Crippen molar-refractivity contribution in [3.8, 4) is 0 Å². The molecule has 90 valence electrons. The van der Waals surface area contributed by atoms with Crippen LogP contribution in [0, 0.1) is 0 Å². The SMILES string of the molecule is CCCC(C)(O)CNC1CCCNCC1. The smallest absolute Gasteiger partial charge is 0.0743 e. The van der Waals surface area contributed by atoms with E-state index in [-0.39, 0.29) is 0 Å². The van der Waals surface area contributed by atoms with Crippen LogP contribution >= 0.6 is 0 Å². The Morgan fingerprint density at radius 1 is 1.40 bits per heavy atom. The largest absolute Gasteiger partial charge is 0.389 e. The molecule has 0 aromatic heterocycles. The Bertz CT molecular complexity index is 163. The molecule has 1 saturated heterocycles. The Hall–Kier alpha value is -0.120. The van der Waals surface area contributed by atoms with E-state index < -0.39 is 5.60 Å². The van der Waals surface area contributed by atoms with Gasteiger partial charge >= 0.3 is 0 Å². The maximum Gasteiger partial charge on any atom is 0.0743 e. The molecule has 0 radical (unpaired) electrons. The monoisotopic (exact) mass is 214 g/mol. The third-order valence-corrected chi connectivity index (χ3v) is 3.14. The van der Waals surface area contributed by atoms with Crippen molar-refractivity contribution in [1.82, 2.24) is 10.6 Å². The van der Waals surface area contributed by atoms with Gasteiger partial charge in [0.1, 0.15) is 0 Å². The number of hydrogen-bond acceptors (Lipinski definition) is 3. The highest BCUT2D eigenvalue weighted by Gasteiger charge is 2.20. The highest BCUT2D eigenvalue weighted by molar-refractivity contribution is 4.79. The Morgan fingerprint density at radius 2 is 2.20 bits per heavy atom. The van der Waals surface area contributed by atoms with Gasteiger partial charge in [0.15, 0.2) is 0 Å². The van der Waals surface area contributed by atoms with Crippen molar-refractivity contribution >= 4 is 0 Å². The number of rotatable bonds is 5. The van der Waals surface area contributed by atoms with Crippen molar-refractivity contribution in [3.05, 3.63) is 0 Å². The first-order chi connectivity index (χ1) is 7.14. The molecule has 0 aromatic rings. The van der Waals surface area contributed by atoms with Crippen LogP contribution in [0.25, 0.3) is 0 Å². The van der Waals surface area contributed by atoms with Gasteiger partial charge in [-0.3, -0.25) is 0 Å². The average molecular weight is 214 g/mol. The molecule has 1 aliphatic rings. The second-order valence-corrected chi connectivity index (χ2v) is 5.01. The Kier molecular flexibility index (Phi) is 5.58. The minimum absolute atomic E-state index is 0.533. The van der Waals surface area contributed by atoms with E-state index in [4.69, 9.17) is 0 Å². The van der Waals surface area contributed by atoms with Crippen molar-refractivity contribution < 1.29 is 5.11 Å². The normalized spacial score (nSPS) is 27.0. The lowest BCUT2D eigenvalue weighted by atomic mass is 9.99. The zero-order valence-corrected chi connectivity index (χ0v) is 10.2. The average Bonchev–Trinajstić information content (AvgIpc) is 2.43. The van der Waals surface area contributed by atoms with Gasteiger partial charge in [0.2, 0.25) is 0 Å². The third kappa shape index (κ3) is 5.50. The van der Waals surface area contributed by atoms with Crippen molar-refractivity contribution in [2.45, 2.75) is 57.6 Å². The van der Waals surface area contributed by atoms with E-state index in [1.54, 1.807) is 0 Å². The first kappa shape index (κ1) is 12.9. The lowest BCUT2D eigenvalue weighted by Gasteiger charge is -2.26. The van der Waals surface area contributed by atoms with Gasteiger partial charge in [0.25, 0.3) is 0 Å². The van der Waals surface area contributed by atoms with Crippen molar-refractivity contribution in [2.75, 3.05) is 19.6 Å². The molecular formula is C12H26N2O. The molecule has 1 rings (SSSR count). The molecule has 2 unspecified atom stereocenters. The van der Waals surface area contributed by atoms with Crippen molar-refractivity contribution in [1.29, 1.82) is 0 Å². The molecule has 3 nitrogen and oxygen atoms in total. The molecule has 0 amide bonds. The van der Waals surface area contributed by atoms with Crippen molar-refractivity contribution in [3.63, 3.8) is 0 Å². The quantitative estimate of drug-likeness (QED) is 0.646. The number of nitrogens with one attached hydrogen (secondary N) is 2. The summed E-state index contributed by atoms with van der Waals surface area (Å²) in [5.41, 5.74) is -0.533. The summed E-state index contributed by atoms with van der Waals surface area (Å²) in [4.78, 5) is 0. The minimum atomic E-state index is -0.533. The van der Waals surface area contributed by atoms with E-state index in [1.165, 1.54) is 19.3 Å². The van der Waals surface area contributed by atoms with Gasteiger partial charge in [-0.25, -0.2) is 0 Å². The molecule has 0 spiro atoms. The van der Waals surface area contributed by atoms with Crippen LogP contribution in [0.3, 0.4) is 0 Å². The molecular weight excluding hydrogens is 188 g/mol. The Labute approximate surface area is 93.6 Å². The highest BCUT2D eigenvalue weighted by atomic mass is 16.3. The minimum Gasteiger partial charge on any atom is -0.389 e. The summed E-state index contributed by atoms with van der Waals surface area (Å²) in [6.45, 7) is 7.02. The molecule has 1 heterocycles. The third-order valence-electron chi connectivity index (χ3n) is 3.14. The van der Waals surface area contributed by atoms with Gasteiger partial charge in [-0.2, -0.15) is 0 Å². The summed E-state index contributed by atoms with van der Waals surface area (Å²) in [5.74, 6) is 0. The van der Waals surface area contributed by atoms with E-state index in [2.05, 4.69) is 17.6 Å². The van der Waals surface area contributed by atoms with Gasteiger partial charge in [-0.15, -0.1) is 0 Å². The summed E-state index contributed by atoms with van der Waals surface area (Å²) in [5, 5.41) is 16.9. The van der Waals surface area contributed by atoms with E-state index in [0.29, 0.717) is 6.04 Å². The molecule has 1 aliphatic heterocycles. The van der Waals surface area contributed by atoms with E-state index in [0.717, 1.165) is 32.5 Å². The summed E-state index contributed by atoms with van der Waals surface area (Å²) >= 11 is 0. The maximum absolute atomic E-state index is 10.0. The Balaban J connectivity index is 2.22. The first-order valence-corrected chi connectivity index (χ1v) is 6.30. The predicted octanol–water partition coefficient (Wildman–Crippen LogP) is 1.27. The summed E-state index contributed by atoms with van der Waals surface area (Å²) < 4.78 is 0. The van der Waals surface area contributed by atoms with E-state index in [9.17, 15) is 5.11 Å². The summed E-state index contributed by atoms with van der Waals surface area (Å²) in [6, 6.07) is 0.586. The molecule has 15 heavy (non-hydrogen) atoms. The van der Waals surface area contributed by atoms with Crippen LogP contribution in [0.4, 0.5) is 0 Å². The van der Waals surface area contributed by atoms with Crippen molar-refractivity contribution in [2.24, 2.45) is 0 Å². The topological polar surface area (TPSA) is 44.3 Å². The van der Waals surface area contributed by atoms with E-state index >= 15 is 0 Å². The molecule has 3 N–H and O–H groups in total. The highest BCUT2D eigenvalue weighted by Crippen LogP contribution is 2.12.